The van der Waals surface area contributed by atoms with Crippen molar-refractivity contribution < 1.29 is 9.53 Å². The fraction of sp³-hybridized carbons (Fsp3) is 0.125. The lowest BCUT2D eigenvalue weighted by molar-refractivity contribution is -0.129. The van der Waals surface area contributed by atoms with Crippen LogP contribution in [0.5, 0.6) is 0 Å². The first-order valence-electron chi connectivity index (χ1n) is 6.36. The average Bonchev–Trinajstić information content (AvgIpc) is 3.00. The quantitative estimate of drug-likeness (QED) is 0.671. The second kappa shape index (κ2) is 4.81. The molecule has 0 saturated heterocycles. The molecule has 20 heavy (non-hydrogen) atoms. The summed E-state index contributed by atoms with van der Waals surface area (Å²) in [4.78, 5) is 19.1. The van der Waals surface area contributed by atoms with Crippen LogP contribution in [-0.4, -0.2) is 16.9 Å². The molecule has 1 aromatic carbocycles. The zero-order valence-corrected chi connectivity index (χ0v) is 11.3. The zero-order chi connectivity index (χ0) is 14.1. The van der Waals surface area contributed by atoms with Crippen molar-refractivity contribution in [2.24, 2.45) is 4.99 Å². The van der Waals surface area contributed by atoms with Crippen molar-refractivity contribution in [2.45, 2.75) is 13.8 Å². The third-order valence-corrected chi connectivity index (χ3v) is 3.00. The number of nitrogens with one attached hydrogen (secondary N) is 1. The lowest BCUT2D eigenvalue weighted by Gasteiger charge is -2.03. The molecule has 4 heteroatoms. The lowest BCUT2D eigenvalue weighted by Crippen LogP contribution is -2.05. The van der Waals surface area contributed by atoms with Crippen molar-refractivity contribution in [3.05, 3.63) is 64.6 Å². The van der Waals surface area contributed by atoms with Gasteiger partial charge in [0.25, 0.3) is 0 Å². The number of benzene rings is 1. The summed E-state index contributed by atoms with van der Waals surface area (Å²) in [5.41, 5.74) is 4.18. The molecule has 1 aliphatic rings. The minimum absolute atomic E-state index is 0.307. The summed E-state index contributed by atoms with van der Waals surface area (Å²) in [5.74, 6) is -0.0617. The van der Waals surface area contributed by atoms with Crippen LogP contribution in [-0.2, 0) is 9.53 Å². The number of aliphatic imine (C=N–C) groups is 1. The Kier molecular flexibility index (Phi) is 2.99. The van der Waals surface area contributed by atoms with E-state index in [9.17, 15) is 4.79 Å². The van der Waals surface area contributed by atoms with Crippen LogP contribution in [0, 0.1) is 13.8 Å². The highest BCUT2D eigenvalue weighted by molar-refractivity contribution is 6.12. The molecule has 2 heterocycles. The number of ether oxygens (including phenoxy) is 1. The van der Waals surface area contributed by atoms with Crippen LogP contribution < -0.4 is 0 Å². The first kappa shape index (κ1) is 12.4. The zero-order valence-electron chi connectivity index (χ0n) is 11.3. The maximum Gasteiger partial charge on any atom is 0.363 e. The van der Waals surface area contributed by atoms with Gasteiger partial charge in [0, 0.05) is 17.5 Å². The number of carbonyl (C=O) groups excluding carboxylic acids is 1. The van der Waals surface area contributed by atoms with Crippen LogP contribution in [0.1, 0.15) is 22.4 Å². The molecule has 3 rings (SSSR count). The maximum absolute atomic E-state index is 11.8. The Balaban J connectivity index is 1.98. The molecule has 0 radical (unpaired) electrons. The second-order valence-electron chi connectivity index (χ2n) is 4.84. The Hall–Kier alpha value is -2.62. The summed E-state index contributed by atoms with van der Waals surface area (Å²) in [6.07, 6.45) is 3.47. The van der Waals surface area contributed by atoms with Gasteiger partial charge in [0.2, 0.25) is 5.90 Å². The highest BCUT2D eigenvalue weighted by Crippen LogP contribution is 2.20. The van der Waals surface area contributed by atoms with E-state index in [2.05, 4.69) is 16.0 Å². The molecule has 0 amide bonds. The third kappa shape index (κ3) is 2.40. The largest absolute Gasteiger partial charge is 0.402 e. The molecule has 1 N–H and O–H groups in total. The number of rotatable bonds is 2. The number of hydrogen-bond acceptors (Lipinski definition) is 3. The van der Waals surface area contributed by atoms with Gasteiger partial charge in [-0.1, -0.05) is 17.2 Å². The van der Waals surface area contributed by atoms with Gasteiger partial charge in [-0.25, -0.2) is 9.79 Å². The molecule has 0 bridgehead atoms. The molecular formula is C16H14N2O2. The highest BCUT2D eigenvalue weighted by atomic mass is 16.6. The van der Waals surface area contributed by atoms with Gasteiger partial charge in [0.05, 0.1) is 0 Å². The van der Waals surface area contributed by atoms with Crippen molar-refractivity contribution in [3.63, 3.8) is 0 Å². The van der Waals surface area contributed by atoms with Crippen molar-refractivity contribution in [3.8, 4) is 0 Å². The monoisotopic (exact) mass is 266 g/mol. The van der Waals surface area contributed by atoms with Crippen LogP contribution in [0.25, 0.3) is 6.08 Å². The first-order chi connectivity index (χ1) is 9.61. The van der Waals surface area contributed by atoms with E-state index in [1.807, 2.05) is 38.1 Å². The standard InChI is InChI=1S/C16H14N2O2/c1-10-6-11(2)8-12(7-10)15-18-14(16(19)20-15)9-13-4-3-5-17-13/h3-9,17H,1-2H3/b14-9-. The molecule has 0 fully saturated rings. The summed E-state index contributed by atoms with van der Waals surface area (Å²) in [5, 5.41) is 0. The number of esters is 1. The number of aryl methyl sites for hydroxylation is 2. The number of cyclic esters (lactones) is 1. The maximum atomic E-state index is 11.8. The molecule has 100 valence electrons. The fourth-order valence-corrected chi connectivity index (χ4v) is 2.21. The predicted octanol–water partition coefficient (Wildman–Crippen LogP) is 2.98. The molecule has 0 aliphatic carbocycles. The Morgan fingerprint density at radius 3 is 2.60 bits per heavy atom. The van der Waals surface area contributed by atoms with E-state index in [0.717, 1.165) is 22.4 Å². The number of H-pyrrole nitrogens is 1. The van der Waals surface area contributed by atoms with Crippen molar-refractivity contribution in [1.29, 1.82) is 0 Å². The highest BCUT2D eigenvalue weighted by Gasteiger charge is 2.24. The SMILES string of the molecule is Cc1cc(C)cc(C2=N/C(=C\c3ccc[nH]3)C(=O)O2)c1. The molecule has 0 unspecified atom stereocenters. The van der Waals surface area contributed by atoms with Crippen molar-refractivity contribution in [2.75, 3.05) is 0 Å². The molecular weight excluding hydrogens is 252 g/mol. The number of nitrogens with zero attached hydrogens (tertiary/aromatic N) is 1. The van der Waals surface area contributed by atoms with Gasteiger partial charge in [-0.05, 0) is 44.2 Å². The predicted molar refractivity (Wildman–Crippen MR) is 77.3 cm³/mol. The van der Waals surface area contributed by atoms with Crippen LogP contribution in [0.4, 0.5) is 0 Å². The Labute approximate surface area is 116 Å². The molecule has 0 atom stereocenters. The summed E-state index contributed by atoms with van der Waals surface area (Å²) in [6, 6.07) is 9.70. The Morgan fingerprint density at radius 1 is 1.20 bits per heavy atom. The smallest absolute Gasteiger partial charge is 0.363 e. The lowest BCUT2D eigenvalue weighted by atomic mass is 10.1. The van der Waals surface area contributed by atoms with E-state index in [1.54, 1.807) is 12.3 Å². The van der Waals surface area contributed by atoms with E-state index >= 15 is 0 Å². The number of carbonyl (C=O) groups is 1. The first-order valence-corrected chi connectivity index (χ1v) is 6.36. The van der Waals surface area contributed by atoms with Gasteiger partial charge in [-0.2, -0.15) is 0 Å². The number of aromatic amines is 1. The molecule has 1 aromatic heterocycles. The van der Waals surface area contributed by atoms with Crippen LogP contribution >= 0.6 is 0 Å². The van der Waals surface area contributed by atoms with Crippen molar-refractivity contribution in [1.82, 2.24) is 4.98 Å². The van der Waals surface area contributed by atoms with Gasteiger partial charge in [0.15, 0.2) is 5.70 Å². The molecule has 4 nitrogen and oxygen atoms in total. The van der Waals surface area contributed by atoms with E-state index in [4.69, 9.17) is 4.74 Å². The van der Waals surface area contributed by atoms with E-state index in [0.29, 0.717) is 11.6 Å². The van der Waals surface area contributed by atoms with Gasteiger partial charge >= 0.3 is 5.97 Å². The minimum Gasteiger partial charge on any atom is -0.402 e. The minimum atomic E-state index is -0.422. The topological polar surface area (TPSA) is 54.5 Å². The van der Waals surface area contributed by atoms with Gasteiger partial charge in [-0.15, -0.1) is 0 Å². The molecule has 1 aliphatic heterocycles. The Bertz CT molecular complexity index is 705. The molecule has 2 aromatic rings. The Morgan fingerprint density at radius 2 is 1.95 bits per heavy atom. The molecule has 0 saturated carbocycles. The normalized spacial score (nSPS) is 16.4. The van der Waals surface area contributed by atoms with E-state index in [-0.39, 0.29) is 0 Å². The summed E-state index contributed by atoms with van der Waals surface area (Å²) < 4.78 is 5.25. The van der Waals surface area contributed by atoms with E-state index in [1.165, 1.54) is 0 Å². The fourth-order valence-electron chi connectivity index (χ4n) is 2.21. The summed E-state index contributed by atoms with van der Waals surface area (Å²) in [6.45, 7) is 4.01. The van der Waals surface area contributed by atoms with Crippen LogP contribution in [0.2, 0.25) is 0 Å². The van der Waals surface area contributed by atoms with Crippen LogP contribution in [0.15, 0.2) is 47.2 Å². The third-order valence-electron chi connectivity index (χ3n) is 3.00. The molecule has 0 spiro atoms. The number of aromatic nitrogens is 1. The number of hydrogen-bond donors (Lipinski definition) is 1. The van der Waals surface area contributed by atoms with Gasteiger partial charge < -0.3 is 9.72 Å². The summed E-state index contributed by atoms with van der Waals surface area (Å²) in [7, 11) is 0. The average molecular weight is 266 g/mol. The van der Waals surface area contributed by atoms with Gasteiger partial charge in [0.1, 0.15) is 0 Å². The van der Waals surface area contributed by atoms with Crippen molar-refractivity contribution >= 4 is 17.9 Å². The van der Waals surface area contributed by atoms with E-state index < -0.39 is 5.97 Å². The second-order valence-corrected chi connectivity index (χ2v) is 4.84. The van der Waals surface area contributed by atoms with Gasteiger partial charge in [-0.3, -0.25) is 0 Å². The summed E-state index contributed by atoms with van der Waals surface area (Å²) >= 11 is 0. The van der Waals surface area contributed by atoms with Crippen LogP contribution in [0.3, 0.4) is 0 Å².